The van der Waals surface area contributed by atoms with Crippen LogP contribution in [0.1, 0.15) is 41.6 Å². The Morgan fingerprint density at radius 3 is 2.48 bits per heavy atom. The molecule has 0 aromatic heterocycles. The standard InChI is InChI=1S/C23H28ClN3O2/c24-13-11-22(28)26-19-9-10-21(27-15-5-2-6-16-27)20(17-19)23(29)25-14-12-18-7-3-1-4-8-18/h1,3-4,7-10,17H,2,5-6,11-16H2,(H,25,29)(H,26,28). The van der Waals surface area contributed by atoms with Crippen LogP contribution in [0.25, 0.3) is 0 Å². The number of nitrogens with zero attached hydrogens (tertiary/aromatic N) is 1. The normalized spacial score (nSPS) is 13.8. The van der Waals surface area contributed by atoms with Crippen molar-refractivity contribution in [2.24, 2.45) is 0 Å². The van der Waals surface area contributed by atoms with E-state index in [1.165, 1.54) is 12.0 Å². The van der Waals surface area contributed by atoms with Gasteiger partial charge in [0, 0.05) is 43.3 Å². The van der Waals surface area contributed by atoms with E-state index in [1.54, 1.807) is 6.07 Å². The molecule has 1 fully saturated rings. The molecule has 0 bridgehead atoms. The summed E-state index contributed by atoms with van der Waals surface area (Å²) in [6.07, 6.45) is 4.50. The Bertz CT molecular complexity index is 820. The number of alkyl halides is 1. The number of benzene rings is 2. The molecule has 0 aliphatic carbocycles. The minimum absolute atomic E-state index is 0.116. The van der Waals surface area contributed by atoms with Gasteiger partial charge in [0.2, 0.25) is 5.91 Å². The second-order valence-corrected chi connectivity index (χ2v) is 7.64. The van der Waals surface area contributed by atoms with Gasteiger partial charge in [0.15, 0.2) is 0 Å². The molecule has 5 nitrogen and oxygen atoms in total. The van der Waals surface area contributed by atoms with Gasteiger partial charge < -0.3 is 15.5 Å². The quantitative estimate of drug-likeness (QED) is 0.637. The second-order valence-electron chi connectivity index (χ2n) is 7.26. The Balaban J connectivity index is 1.74. The molecule has 1 aliphatic rings. The van der Waals surface area contributed by atoms with Crippen LogP contribution in [-0.4, -0.2) is 37.3 Å². The topological polar surface area (TPSA) is 61.4 Å². The summed E-state index contributed by atoms with van der Waals surface area (Å²) in [7, 11) is 0. The van der Waals surface area contributed by atoms with Crippen LogP contribution in [0, 0.1) is 0 Å². The molecule has 0 saturated carbocycles. The van der Waals surface area contributed by atoms with Crippen LogP contribution in [0.5, 0.6) is 0 Å². The minimum atomic E-state index is -0.152. The second kappa shape index (κ2) is 10.9. The molecule has 6 heteroatoms. The van der Waals surface area contributed by atoms with Crippen LogP contribution in [-0.2, 0) is 11.2 Å². The maximum Gasteiger partial charge on any atom is 0.253 e. The van der Waals surface area contributed by atoms with Crippen molar-refractivity contribution in [3.05, 3.63) is 59.7 Å². The Kier molecular flexibility index (Phi) is 7.94. The molecule has 1 heterocycles. The van der Waals surface area contributed by atoms with E-state index in [0.717, 1.165) is 38.0 Å². The molecule has 154 valence electrons. The number of nitrogens with one attached hydrogen (secondary N) is 2. The third kappa shape index (κ3) is 6.23. The van der Waals surface area contributed by atoms with Crippen LogP contribution < -0.4 is 15.5 Å². The van der Waals surface area contributed by atoms with E-state index in [9.17, 15) is 9.59 Å². The summed E-state index contributed by atoms with van der Waals surface area (Å²) in [5.41, 5.74) is 3.33. The number of hydrogen-bond acceptors (Lipinski definition) is 3. The lowest BCUT2D eigenvalue weighted by atomic mass is 10.1. The summed E-state index contributed by atoms with van der Waals surface area (Å²) in [5, 5.41) is 5.86. The summed E-state index contributed by atoms with van der Waals surface area (Å²) in [5.74, 6) is 0.000882. The third-order valence-corrected chi connectivity index (χ3v) is 5.27. The zero-order valence-corrected chi connectivity index (χ0v) is 17.4. The third-order valence-electron chi connectivity index (χ3n) is 5.09. The van der Waals surface area contributed by atoms with Gasteiger partial charge in [0.1, 0.15) is 0 Å². The maximum atomic E-state index is 13.0. The molecule has 2 aromatic carbocycles. The van der Waals surface area contributed by atoms with Gasteiger partial charge in [-0.3, -0.25) is 9.59 Å². The lowest BCUT2D eigenvalue weighted by Gasteiger charge is -2.30. The van der Waals surface area contributed by atoms with Crippen molar-refractivity contribution < 1.29 is 9.59 Å². The molecule has 0 spiro atoms. The number of carbonyl (C=O) groups is 2. The van der Waals surface area contributed by atoms with Crippen molar-refractivity contribution in [3.63, 3.8) is 0 Å². The van der Waals surface area contributed by atoms with E-state index < -0.39 is 0 Å². The van der Waals surface area contributed by atoms with E-state index in [1.807, 2.05) is 30.3 Å². The maximum absolute atomic E-state index is 13.0. The van der Waals surface area contributed by atoms with Crippen LogP contribution in [0.4, 0.5) is 11.4 Å². The van der Waals surface area contributed by atoms with Gasteiger partial charge in [-0.2, -0.15) is 0 Å². The number of carbonyl (C=O) groups excluding carboxylic acids is 2. The highest BCUT2D eigenvalue weighted by molar-refractivity contribution is 6.19. The van der Waals surface area contributed by atoms with Crippen molar-refractivity contribution >= 4 is 34.8 Å². The number of rotatable bonds is 8. The fourth-order valence-electron chi connectivity index (χ4n) is 3.58. The first-order chi connectivity index (χ1) is 14.2. The lowest BCUT2D eigenvalue weighted by Crippen LogP contribution is -2.33. The van der Waals surface area contributed by atoms with E-state index in [4.69, 9.17) is 11.6 Å². The number of hydrogen-bond donors (Lipinski definition) is 2. The minimum Gasteiger partial charge on any atom is -0.371 e. The molecular formula is C23H28ClN3O2. The highest BCUT2D eigenvalue weighted by Gasteiger charge is 2.19. The van der Waals surface area contributed by atoms with Gasteiger partial charge in [-0.15, -0.1) is 11.6 Å². The van der Waals surface area contributed by atoms with Gasteiger partial charge >= 0.3 is 0 Å². The van der Waals surface area contributed by atoms with Crippen LogP contribution in [0.3, 0.4) is 0 Å². The summed E-state index contributed by atoms with van der Waals surface area (Å²) in [6, 6.07) is 15.7. The van der Waals surface area contributed by atoms with Gasteiger partial charge in [0.25, 0.3) is 5.91 Å². The van der Waals surface area contributed by atoms with Crippen LogP contribution in [0.2, 0.25) is 0 Å². The molecule has 0 atom stereocenters. The molecule has 0 unspecified atom stereocenters. The number of anilines is 2. The molecule has 0 radical (unpaired) electrons. The Hall–Kier alpha value is -2.53. The molecule has 29 heavy (non-hydrogen) atoms. The highest BCUT2D eigenvalue weighted by Crippen LogP contribution is 2.27. The first-order valence-corrected chi connectivity index (χ1v) is 10.8. The summed E-state index contributed by atoms with van der Waals surface area (Å²) >= 11 is 5.65. The van der Waals surface area contributed by atoms with E-state index in [-0.39, 0.29) is 24.1 Å². The monoisotopic (exact) mass is 413 g/mol. The fourth-order valence-corrected chi connectivity index (χ4v) is 3.75. The zero-order valence-electron chi connectivity index (χ0n) is 16.6. The van der Waals surface area contributed by atoms with Crippen LogP contribution in [0.15, 0.2) is 48.5 Å². The average Bonchev–Trinajstić information content (AvgIpc) is 2.75. The smallest absolute Gasteiger partial charge is 0.253 e. The molecule has 2 N–H and O–H groups in total. The molecule has 1 saturated heterocycles. The van der Waals surface area contributed by atoms with E-state index in [0.29, 0.717) is 17.8 Å². The predicted molar refractivity (Wildman–Crippen MR) is 119 cm³/mol. The lowest BCUT2D eigenvalue weighted by molar-refractivity contribution is -0.115. The van der Waals surface area contributed by atoms with Crippen LogP contribution >= 0.6 is 11.6 Å². The number of piperidine rings is 1. The molecule has 2 amide bonds. The largest absolute Gasteiger partial charge is 0.371 e. The number of amides is 2. The first kappa shape index (κ1) is 21.2. The van der Waals surface area contributed by atoms with Gasteiger partial charge in [-0.1, -0.05) is 30.3 Å². The average molecular weight is 414 g/mol. The first-order valence-electron chi connectivity index (χ1n) is 10.2. The molecule has 3 rings (SSSR count). The van der Waals surface area contributed by atoms with Crippen molar-refractivity contribution in [2.45, 2.75) is 32.1 Å². The van der Waals surface area contributed by atoms with Gasteiger partial charge in [-0.05, 0) is 49.4 Å². The molecule has 2 aromatic rings. The molecular weight excluding hydrogens is 386 g/mol. The van der Waals surface area contributed by atoms with Gasteiger partial charge in [0.05, 0.1) is 5.56 Å². The van der Waals surface area contributed by atoms with Crippen molar-refractivity contribution in [3.8, 4) is 0 Å². The zero-order chi connectivity index (χ0) is 20.5. The van der Waals surface area contributed by atoms with Gasteiger partial charge in [-0.25, -0.2) is 0 Å². The summed E-state index contributed by atoms with van der Waals surface area (Å²) in [6.45, 7) is 2.45. The number of halogens is 1. The Morgan fingerprint density at radius 1 is 1.00 bits per heavy atom. The van der Waals surface area contributed by atoms with Crippen molar-refractivity contribution in [2.75, 3.05) is 35.7 Å². The molecule has 1 aliphatic heterocycles. The predicted octanol–water partition coefficient (Wildman–Crippen LogP) is 4.22. The highest BCUT2D eigenvalue weighted by atomic mass is 35.5. The van der Waals surface area contributed by atoms with Crippen molar-refractivity contribution in [1.82, 2.24) is 5.32 Å². The summed E-state index contributed by atoms with van der Waals surface area (Å²) < 4.78 is 0. The SMILES string of the molecule is O=C(CCCl)Nc1ccc(N2CCCCC2)c(C(=O)NCCc2ccccc2)c1. The summed E-state index contributed by atoms with van der Waals surface area (Å²) in [4.78, 5) is 27.2. The Morgan fingerprint density at radius 2 is 1.76 bits per heavy atom. The fraction of sp³-hybridized carbons (Fsp3) is 0.391. The van der Waals surface area contributed by atoms with E-state index in [2.05, 4.69) is 27.7 Å². The van der Waals surface area contributed by atoms with Crippen molar-refractivity contribution in [1.29, 1.82) is 0 Å². The van der Waals surface area contributed by atoms with E-state index >= 15 is 0 Å². The Labute approximate surface area is 177 Å².